The molecule has 2 aromatic rings. The maximum Gasteiger partial charge on any atom is 0.189 e. The smallest absolute Gasteiger partial charge is 0.189 e. The summed E-state index contributed by atoms with van der Waals surface area (Å²) in [7, 11) is 0. The lowest BCUT2D eigenvalue weighted by atomic mass is 9.96. The first kappa shape index (κ1) is 12.4. The molecule has 0 heterocycles. The van der Waals surface area contributed by atoms with Gasteiger partial charge in [-0.15, -0.1) is 0 Å². The lowest BCUT2D eigenvalue weighted by Gasteiger charge is -2.07. The normalized spacial score (nSPS) is 17.0. The summed E-state index contributed by atoms with van der Waals surface area (Å²) in [6.45, 7) is 0. The molecule has 0 radical (unpaired) electrons. The minimum atomic E-state index is -0.148. The second-order valence-corrected chi connectivity index (χ2v) is 4.63. The minimum absolute atomic E-state index is 0.148. The molecule has 0 unspecified atom stereocenters. The Morgan fingerprint density at radius 3 is 1.95 bits per heavy atom. The first-order valence-corrected chi connectivity index (χ1v) is 6.41. The fraction of sp³-hybridized carbons (Fsp3) is 0.0588. The molecule has 0 saturated carbocycles. The van der Waals surface area contributed by atoms with Gasteiger partial charge in [0.2, 0.25) is 0 Å². The van der Waals surface area contributed by atoms with Crippen LogP contribution in [0, 0.1) is 0 Å². The van der Waals surface area contributed by atoms with Gasteiger partial charge in [0.1, 0.15) is 0 Å². The van der Waals surface area contributed by atoms with E-state index in [2.05, 4.69) is 5.16 Å². The molecule has 1 N–H and O–H groups in total. The van der Waals surface area contributed by atoms with Gasteiger partial charge in [0, 0.05) is 12.0 Å². The van der Waals surface area contributed by atoms with E-state index < -0.39 is 0 Å². The van der Waals surface area contributed by atoms with Crippen LogP contribution >= 0.6 is 0 Å². The summed E-state index contributed by atoms with van der Waals surface area (Å²) in [6.07, 6.45) is 0.271. The largest absolute Gasteiger partial charge is 0.410 e. The number of hydrogen-bond donors (Lipinski definition) is 1. The van der Waals surface area contributed by atoms with Crippen molar-refractivity contribution in [2.75, 3.05) is 0 Å². The minimum Gasteiger partial charge on any atom is -0.410 e. The van der Waals surface area contributed by atoms with Crippen molar-refractivity contribution in [2.45, 2.75) is 6.42 Å². The Labute approximate surface area is 116 Å². The zero-order valence-corrected chi connectivity index (χ0v) is 10.8. The van der Waals surface area contributed by atoms with E-state index in [4.69, 9.17) is 5.21 Å². The molecule has 0 amide bonds. The highest BCUT2D eigenvalue weighted by Gasteiger charge is 2.31. The average molecular weight is 263 g/mol. The summed E-state index contributed by atoms with van der Waals surface area (Å²) in [5, 5.41) is 12.4. The van der Waals surface area contributed by atoms with Crippen LogP contribution in [-0.2, 0) is 4.79 Å². The number of Topliss-reactive ketones (excluding diaryl/α,β-unsaturated/α-hetero) is 1. The number of allylic oxidation sites excluding steroid dienone is 2. The van der Waals surface area contributed by atoms with Gasteiger partial charge in [-0.1, -0.05) is 65.8 Å². The third-order valence-electron chi connectivity index (χ3n) is 3.42. The van der Waals surface area contributed by atoms with E-state index in [0.717, 1.165) is 22.3 Å². The molecule has 3 nitrogen and oxygen atoms in total. The number of oxime groups is 1. The fourth-order valence-corrected chi connectivity index (χ4v) is 2.52. The van der Waals surface area contributed by atoms with Crippen molar-refractivity contribution in [3.05, 3.63) is 71.8 Å². The quantitative estimate of drug-likeness (QED) is 0.667. The molecule has 1 aliphatic rings. The van der Waals surface area contributed by atoms with Gasteiger partial charge in [-0.2, -0.15) is 0 Å². The fourth-order valence-electron chi connectivity index (χ4n) is 2.52. The van der Waals surface area contributed by atoms with E-state index in [0.29, 0.717) is 0 Å². The van der Waals surface area contributed by atoms with Gasteiger partial charge in [0.25, 0.3) is 0 Å². The van der Waals surface area contributed by atoms with E-state index in [9.17, 15) is 4.79 Å². The molecule has 0 saturated heterocycles. The summed E-state index contributed by atoms with van der Waals surface area (Å²) >= 11 is 0. The third-order valence-corrected chi connectivity index (χ3v) is 3.42. The molecule has 1 aliphatic carbocycles. The third kappa shape index (κ3) is 2.03. The second-order valence-electron chi connectivity index (χ2n) is 4.63. The van der Waals surface area contributed by atoms with Crippen LogP contribution in [0.3, 0.4) is 0 Å². The van der Waals surface area contributed by atoms with Crippen LogP contribution in [0.5, 0.6) is 0 Å². The summed E-state index contributed by atoms with van der Waals surface area (Å²) < 4.78 is 0. The lowest BCUT2D eigenvalue weighted by molar-refractivity contribution is -0.111. The van der Waals surface area contributed by atoms with Gasteiger partial charge >= 0.3 is 0 Å². The van der Waals surface area contributed by atoms with Crippen LogP contribution < -0.4 is 0 Å². The van der Waals surface area contributed by atoms with E-state index in [1.54, 1.807) is 0 Å². The molecule has 0 spiro atoms. The number of nitrogens with zero attached hydrogens (tertiary/aromatic N) is 1. The van der Waals surface area contributed by atoms with Gasteiger partial charge in [-0.25, -0.2) is 0 Å². The summed E-state index contributed by atoms with van der Waals surface area (Å²) in [5.74, 6) is -0.148. The lowest BCUT2D eigenvalue weighted by Crippen LogP contribution is -2.08. The maximum absolute atomic E-state index is 12.0. The Hall–Kier alpha value is -2.68. The van der Waals surface area contributed by atoms with E-state index in [1.165, 1.54) is 0 Å². The summed E-state index contributed by atoms with van der Waals surface area (Å²) in [5.41, 5.74) is 3.66. The molecule has 0 atom stereocenters. The topological polar surface area (TPSA) is 49.7 Å². The summed E-state index contributed by atoms with van der Waals surface area (Å²) in [4.78, 5) is 12.0. The van der Waals surface area contributed by atoms with Crippen molar-refractivity contribution in [3.8, 4) is 0 Å². The Balaban J connectivity index is 2.23. The predicted molar refractivity (Wildman–Crippen MR) is 78.5 cm³/mol. The van der Waals surface area contributed by atoms with Crippen molar-refractivity contribution in [3.63, 3.8) is 0 Å². The van der Waals surface area contributed by atoms with Crippen LogP contribution in [-0.4, -0.2) is 16.7 Å². The molecule has 0 aromatic heterocycles. The van der Waals surface area contributed by atoms with Gasteiger partial charge in [-0.05, 0) is 16.7 Å². The van der Waals surface area contributed by atoms with Crippen molar-refractivity contribution in [1.82, 2.24) is 0 Å². The number of carbonyl (C=O) groups is 1. The summed E-state index contributed by atoms with van der Waals surface area (Å²) in [6, 6.07) is 19.3. The Morgan fingerprint density at radius 1 is 0.850 bits per heavy atom. The Morgan fingerprint density at radius 2 is 1.40 bits per heavy atom. The first-order valence-electron chi connectivity index (χ1n) is 6.41. The maximum atomic E-state index is 12.0. The van der Waals surface area contributed by atoms with Gasteiger partial charge in [0.15, 0.2) is 11.5 Å². The van der Waals surface area contributed by atoms with Gasteiger partial charge in [0.05, 0.1) is 0 Å². The number of benzene rings is 2. The predicted octanol–water partition coefficient (Wildman–Crippen LogP) is 3.40. The molecular formula is C17H13NO2. The van der Waals surface area contributed by atoms with E-state index in [1.807, 2.05) is 60.7 Å². The number of hydrogen-bond acceptors (Lipinski definition) is 3. The molecule has 98 valence electrons. The molecule has 0 bridgehead atoms. The Bertz CT molecular complexity index is 700. The zero-order valence-electron chi connectivity index (χ0n) is 10.8. The molecular weight excluding hydrogens is 250 g/mol. The number of rotatable bonds is 2. The van der Waals surface area contributed by atoms with Gasteiger partial charge in [-0.3, -0.25) is 4.79 Å². The monoisotopic (exact) mass is 263 g/mol. The SMILES string of the molecule is O=C1CC(c2ccccc2)=C(c2ccccc2)C1=NO. The van der Waals surface area contributed by atoms with E-state index in [-0.39, 0.29) is 17.9 Å². The highest BCUT2D eigenvalue weighted by Crippen LogP contribution is 2.36. The average Bonchev–Trinajstić information content (AvgIpc) is 2.85. The van der Waals surface area contributed by atoms with Crippen molar-refractivity contribution in [1.29, 1.82) is 0 Å². The van der Waals surface area contributed by atoms with Crippen molar-refractivity contribution < 1.29 is 10.0 Å². The van der Waals surface area contributed by atoms with E-state index >= 15 is 0 Å². The molecule has 2 aromatic carbocycles. The zero-order chi connectivity index (χ0) is 13.9. The highest BCUT2D eigenvalue weighted by molar-refractivity contribution is 6.63. The highest BCUT2D eigenvalue weighted by atomic mass is 16.4. The molecule has 3 rings (SSSR count). The van der Waals surface area contributed by atoms with Gasteiger partial charge < -0.3 is 5.21 Å². The van der Waals surface area contributed by atoms with Crippen molar-refractivity contribution >= 4 is 22.6 Å². The number of ketones is 1. The van der Waals surface area contributed by atoms with Crippen LogP contribution in [0.15, 0.2) is 65.8 Å². The van der Waals surface area contributed by atoms with Crippen molar-refractivity contribution in [2.24, 2.45) is 5.16 Å². The Kier molecular flexibility index (Phi) is 3.17. The second kappa shape index (κ2) is 5.13. The molecule has 0 fully saturated rings. The molecule has 20 heavy (non-hydrogen) atoms. The van der Waals surface area contributed by atoms with Crippen LogP contribution in [0.1, 0.15) is 17.5 Å². The standard InChI is InChI=1S/C17H13NO2/c19-15-11-14(12-7-3-1-4-8-12)16(17(15)18-20)13-9-5-2-6-10-13/h1-10,20H,11H2. The molecule has 3 heteroatoms. The number of carbonyl (C=O) groups excluding carboxylic acids is 1. The first-order chi connectivity index (χ1) is 9.81. The molecule has 0 aliphatic heterocycles. The van der Waals surface area contributed by atoms with Crippen LogP contribution in [0.2, 0.25) is 0 Å². The van der Waals surface area contributed by atoms with Crippen LogP contribution in [0.25, 0.3) is 11.1 Å². The van der Waals surface area contributed by atoms with Crippen LogP contribution in [0.4, 0.5) is 0 Å².